The zero-order chi connectivity index (χ0) is 13.4. The van der Waals surface area contributed by atoms with Crippen molar-refractivity contribution in [1.82, 2.24) is 0 Å². The van der Waals surface area contributed by atoms with Crippen LogP contribution < -0.4 is 0 Å². The van der Waals surface area contributed by atoms with Crippen molar-refractivity contribution in [2.45, 2.75) is 71.8 Å². The molecule has 0 heterocycles. The van der Waals surface area contributed by atoms with Crippen LogP contribution in [0.5, 0.6) is 0 Å². The van der Waals surface area contributed by atoms with E-state index in [9.17, 15) is 0 Å². The van der Waals surface area contributed by atoms with E-state index >= 15 is 0 Å². The molecule has 1 fully saturated rings. The summed E-state index contributed by atoms with van der Waals surface area (Å²) in [6.07, 6.45) is 1.89. The van der Waals surface area contributed by atoms with Gasteiger partial charge in [0.05, 0.1) is 12.2 Å². The fraction of sp³-hybridized carbons (Fsp3) is 1.00. The summed E-state index contributed by atoms with van der Waals surface area (Å²) < 4.78 is 12.8. The average molecular weight is 275 g/mol. The Balaban J connectivity index is 2.76. The molecule has 0 radical (unpaired) electrons. The van der Waals surface area contributed by atoms with E-state index in [1.54, 1.807) is 0 Å². The standard InChI is InChI=1S/C13H30O2Si2/c1-10-9-11(2)13(15-17(6,7)8)12(10)14-16(3,4)5/h10-13H,9H2,1-8H3. The van der Waals surface area contributed by atoms with Gasteiger partial charge in [-0.1, -0.05) is 13.8 Å². The predicted octanol–water partition coefficient (Wildman–Crippen LogP) is 4.10. The first-order chi connectivity index (χ1) is 7.49. The van der Waals surface area contributed by atoms with Gasteiger partial charge in [-0.2, -0.15) is 0 Å². The van der Waals surface area contributed by atoms with Gasteiger partial charge in [0.1, 0.15) is 0 Å². The summed E-state index contributed by atoms with van der Waals surface area (Å²) in [5.74, 6) is 1.27. The Morgan fingerprint density at radius 1 is 0.706 bits per heavy atom. The zero-order valence-corrected chi connectivity index (χ0v) is 14.8. The Bertz CT molecular complexity index is 229. The fourth-order valence-electron chi connectivity index (χ4n) is 2.69. The molecule has 0 N–H and O–H groups in total. The first-order valence-corrected chi connectivity index (χ1v) is 13.7. The molecular weight excluding hydrogens is 244 g/mol. The van der Waals surface area contributed by atoms with Gasteiger partial charge in [0.2, 0.25) is 0 Å². The summed E-state index contributed by atoms with van der Waals surface area (Å²) in [5.41, 5.74) is 0. The predicted molar refractivity (Wildman–Crippen MR) is 79.4 cm³/mol. The van der Waals surface area contributed by atoms with Crippen LogP contribution in [0, 0.1) is 11.8 Å². The lowest BCUT2D eigenvalue weighted by molar-refractivity contribution is 0.0333. The topological polar surface area (TPSA) is 18.5 Å². The Labute approximate surface area is 109 Å². The maximum Gasteiger partial charge on any atom is 0.184 e. The molecule has 0 spiro atoms. The molecule has 4 heteroatoms. The third kappa shape index (κ3) is 4.85. The van der Waals surface area contributed by atoms with Gasteiger partial charge >= 0.3 is 0 Å². The van der Waals surface area contributed by atoms with Crippen molar-refractivity contribution in [3.05, 3.63) is 0 Å². The Morgan fingerprint density at radius 2 is 1.00 bits per heavy atom. The van der Waals surface area contributed by atoms with E-state index in [0.717, 1.165) is 0 Å². The van der Waals surface area contributed by atoms with Crippen molar-refractivity contribution in [1.29, 1.82) is 0 Å². The molecule has 1 aliphatic carbocycles. The summed E-state index contributed by atoms with van der Waals surface area (Å²) in [5, 5.41) is 0. The van der Waals surface area contributed by atoms with Crippen molar-refractivity contribution in [2.75, 3.05) is 0 Å². The largest absolute Gasteiger partial charge is 0.412 e. The summed E-state index contributed by atoms with van der Waals surface area (Å²) in [6.45, 7) is 18.3. The summed E-state index contributed by atoms with van der Waals surface area (Å²) >= 11 is 0. The van der Waals surface area contributed by atoms with E-state index in [1.165, 1.54) is 6.42 Å². The SMILES string of the molecule is CC1CC(C)C(O[Si](C)(C)C)C1O[Si](C)(C)C. The second kappa shape index (κ2) is 5.15. The first kappa shape index (κ1) is 15.4. The van der Waals surface area contributed by atoms with Crippen LogP contribution in [-0.2, 0) is 8.85 Å². The third-order valence-electron chi connectivity index (χ3n) is 3.17. The third-order valence-corrected chi connectivity index (χ3v) is 5.13. The van der Waals surface area contributed by atoms with Crippen LogP contribution in [0.15, 0.2) is 0 Å². The van der Waals surface area contributed by atoms with Crippen LogP contribution in [-0.4, -0.2) is 28.8 Å². The van der Waals surface area contributed by atoms with Crippen LogP contribution in [0.4, 0.5) is 0 Å². The second-order valence-electron chi connectivity index (χ2n) is 7.58. The minimum Gasteiger partial charge on any atom is -0.412 e. The quantitative estimate of drug-likeness (QED) is 0.719. The monoisotopic (exact) mass is 274 g/mol. The Morgan fingerprint density at radius 3 is 1.24 bits per heavy atom. The molecule has 1 saturated carbocycles. The van der Waals surface area contributed by atoms with Gasteiger partial charge in [0, 0.05) is 0 Å². The van der Waals surface area contributed by atoms with E-state index in [0.29, 0.717) is 24.0 Å². The van der Waals surface area contributed by atoms with Gasteiger partial charge in [-0.05, 0) is 57.5 Å². The van der Waals surface area contributed by atoms with Gasteiger partial charge in [0.25, 0.3) is 0 Å². The highest BCUT2D eigenvalue weighted by Gasteiger charge is 2.43. The van der Waals surface area contributed by atoms with Crippen molar-refractivity contribution in [3.8, 4) is 0 Å². The van der Waals surface area contributed by atoms with E-state index in [4.69, 9.17) is 8.85 Å². The van der Waals surface area contributed by atoms with Crippen LogP contribution in [0.3, 0.4) is 0 Å². The minimum absolute atomic E-state index is 0.323. The van der Waals surface area contributed by atoms with E-state index < -0.39 is 16.6 Å². The molecule has 2 nitrogen and oxygen atoms in total. The first-order valence-electron chi connectivity index (χ1n) is 6.85. The zero-order valence-electron chi connectivity index (χ0n) is 12.8. The highest BCUT2D eigenvalue weighted by atomic mass is 28.4. The van der Waals surface area contributed by atoms with Gasteiger partial charge in [0.15, 0.2) is 16.6 Å². The summed E-state index contributed by atoms with van der Waals surface area (Å²) in [4.78, 5) is 0. The molecule has 0 aromatic rings. The molecule has 0 aliphatic heterocycles. The summed E-state index contributed by atoms with van der Waals surface area (Å²) in [7, 11) is -2.95. The van der Waals surface area contributed by atoms with Gasteiger partial charge in [-0.15, -0.1) is 0 Å². The minimum atomic E-state index is -1.48. The molecular formula is C13H30O2Si2. The number of hydrogen-bond acceptors (Lipinski definition) is 2. The molecule has 1 aliphatic rings. The molecule has 0 amide bonds. The van der Waals surface area contributed by atoms with Crippen molar-refractivity contribution in [2.24, 2.45) is 11.8 Å². The lowest BCUT2D eigenvalue weighted by atomic mass is 10.1. The smallest absolute Gasteiger partial charge is 0.184 e. The highest BCUT2D eigenvalue weighted by molar-refractivity contribution is 6.70. The highest BCUT2D eigenvalue weighted by Crippen LogP contribution is 2.38. The normalized spacial score (nSPS) is 35.3. The molecule has 0 bridgehead atoms. The number of rotatable bonds is 4. The van der Waals surface area contributed by atoms with Crippen LogP contribution in [0.25, 0.3) is 0 Å². The van der Waals surface area contributed by atoms with Gasteiger partial charge in [-0.25, -0.2) is 0 Å². The van der Waals surface area contributed by atoms with Crippen LogP contribution in [0.2, 0.25) is 39.3 Å². The lowest BCUT2D eigenvalue weighted by Crippen LogP contribution is -2.45. The van der Waals surface area contributed by atoms with E-state index in [2.05, 4.69) is 53.1 Å². The van der Waals surface area contributed by atoms with Crippen molar-refractivity contribution >= 4 is 16.6 Å². The molecule has 1 rings (SSSR count). The Kier molecular flexibility index (Phi) is 4.67. The van der Waals surface area contributed by atoms with E-state index in [1.807, 2.05) is 0 Å². The molecule has 4 atom stereocenters. The van der Waals surface area contributed by atoms with Crippen LogP contribution >= 0.6 is 0 Å². The lowest BCUT2D eigenvalue weighted by Gasteiger charge is -2.35. The van der Waals surface area contributed by atoms with E-state index in [-0.39, 0.29) is 0 Å². The molecule has 0 aromatic carbocycles. The number of hydrogen-bond donors (Lipinski definition) is 0. The van der Waals surface area contributed by atoms with Crippen LogP contribution in [0.1, 0.15) is 20.3 Å². The molecule has 17 heavy (non-hydrogen) atoms. The van der Waals surface area contributed by atoms with Crippen molar-refractivity contribution < 1.29 is 8.85 Å². The fourth-order valence-corrected chi connectivity index (χ4v) is 5.05. The van der Waals surface area contributed by atoms with Gasteiger partial charge in [-0.3, -0.25) is 0 Å². The molecule has 0 saturated heterocycles. The Hall–Kier alpha value is 0.354. The summed E-state index contributed by atoms with van der Waals surface area (Å²) in [6, 6.07) is 0. The van der Waals surface area contributed by atoms with Crippen molar-refractivity contribution in [3.63, 3.8) is 0 Å². The molecule has 102 valence electrons. The molecule has 4 unspecified atom stereocenters. The average Bonchev–Trinajstić information content (AvgIpc) is 2.27. The van der Waals surface area contributed by atoms with Gasteiger partial charge < -0.3 is 8.85 Å². The maximum absolute atomic E-state index is 6.38. The maximum atomic E-state index is 6.38. The second-order valence-corrected chi connectivity index (χ2v) is 16.5. The molecule has 0 aromatic heterocycles.